The van der Waals surface area contributed by atoms with Crippen molar-refractivity contribution in [2.75, 3.05) is 19.7 Å². The Morgan fingerprint density at radius 3 is 2.69 bits per heavy atom. The van der Waals surface area contributed by atoms with E-state index in [9.17, 15) is 5.11 Å². The van der Waals surface area contributed by atoms with Crippen molar-refractivity contribution in [1.82, 2.24) is 4.90 Å². The third kappa shape index (κ3) is 3.63. The van der Waals surface area contributed by atoms with Crippen LogP contribution in [-0.2, 0) is 0 Å². The van der Waals surface area contributed by atoms with Crippen molar-refractivity contribution >= 4 is 0 Å². The molecule has 1 atom stereocenters. The monoisotopic (exact) mass is 187 g/mol. The molecule has 1 aliphatic rings. The number of hydrogen-bond donors (Lipinski definition) is 2. The van der Waals surface area contributed by atoms with Crippen molar-refractivity contribution in [1.29, 1.82) is 0 Å². The van der Waals surface area contributed by atoms with Gasteiger partial charge >= 0.3 is 0 Å². The molecule has 2 N–H and O–H groups in total. The van der Waals surface area contributed by atoms with Crippen LogP contribution in [0.25, 0.3) is 0 Å². The third-order valence-corrected chi connectivity index (χ3v) is 2.72. The van der Waals surface area contributed by atoms with Crippen LogP contribution in [0.2, 0.25) is 0 Å². The smallest absolute Gasteiger partial charge is 0.0603 e. The Kier molecular flexibility index (Phi) is 3.71. The molecule has 13 heavy (non-hydrogen) atoms. The molecule has 1 heterocycles. The summed E-state index contributed by atoms with van der Waals surface area (Å²) in [7, 11) is 0. The maximum Gasteiger partial charge on any atom is 0.0603 e. The van der Waals surface area contributed by atoms with Gasteiger partial charge in [0.25, 0.3) is 0 Å². The predicted molar refractivity (Wildman–Crippen MR) is 52.6 cm³/mol. The van der Waals surface area contributed by atoms with Crippen molar-refractivity contribution in [3.8, 4) is 0 Å². The van der Waals surface area contributed by atoms with Crippen LogP contribution in [0.3, 0.4) is 0 Å². The summed E-state index contributed by atoms with van der Waals surface area (Å²) < 4.78 is 0. The van der Waals surface area contributed by atoms with Gasteiger partial charge in [-0.15, -0.1) is 0 Å². The van der Waals surface area contributed by atoms with E-state index in [0.717, 1.165) is 25.9 Å². The van der Waals surface area contributed by atoms with E-state index in [1.165, 1.54) is 6.42 Å². The number of hydrogen-bond acceptors (Lipinski definition) is 3. The van der Waals surface area contributed by atoms with E-state index in [-0.39, 0.29) is 6.61 Å². The Balaban J connectivity index is 2.28. The van der Waals surface area contributed by atoms with Crippen molar-refractivity contribution in [2.24, 2.45) is 0 Å². The number of likely N-dealkylation sites (tertiary alicyclic amines) is 1. The molecule has 0 aromatic rings. The van der Waals surface area contributed by atoms with Crippen LogP contribution in [0.15, 0.2) is 0 Å². The van der Waals surface area contributed by atoms with Crippen LogP contribution in [0.5, 0.6) is 0 Å². The van der Waals surface area contributed by atoms with Crippen LogP contribution in [0.1, 0.15) is 33.1 Å². The van der Waals surface area contributed by atoms with Gasteiger partial charge in [-0.3, -0.25) is 4.90 Å². The highest BCUT2D eigenvalue weighted by molar-refractivity contribution is 4.80. The Morgan fingerprint density at radius 2 is 2.15 bits per heavy atom. The second kappa shape index (κ2) is 4.40. The molecule has 1 saturated heterocycles. The van der Waals surface area contributed by atoms with Gasteiger partial charge in [-0.1, -0.05) is 0 Å². The lowest BCUT2D eigenvalue weighted by molar-refractivity contribution is 0.0511. The molecule has 1 aliphatic heterocycles. The van der Waals surface area contributed by atoms with Crippen LogP contribution >= 0.6 is 0 Å². The highest BCUT2D eigenvalue weighted by Gasteiger charge is 2.25. The summed E-state index contributed by atoms with van der Waals surface area (Å²) in [5.41, 5.74) is -0.581. The second-order valence-electron chi connectivity index (χ2n) is 4.58. The highest BCUT2D eigenvalue weighted by Crippen LogP contribution is 2.18. The Bertz CT molecular complexity index is 153. The molecule has 0 aromatic heterocycles. The zero-order valence-electron chi connectivity index (χ0n) is 8.66. The Labute approximate surface area is 80.4 Å². The van der Waals surface area contributed by atoms with E-state index < -0.39 is 5.60 Å². The van der Waals surface area contributed by atoms with Gasteiger partial charge in [-0.05, 0) is 39.7 Å². The van der Waals surface area contributed by atoms with E-state index >= 15 is 0 Å². The summed E-state index contributed by atoms with van der Waals surface area (Å²) in [5.74, 6) is 0. The van der Waals surface area contributed by atoms with E-state index in [4.69, 9.17) is 5.11 Å². The van der Waals surface area contributed by atoms with Gasteiger partial charge in [-0.2, -0.15) is 0 Å². The molecule has 3 heteroatoms. The summed E-state index contributed by atoms with van der Waals surface area (Å²) in [4.78, 5) is 2.28. The fourth-order valence-electron chi connectivity index (χ4n) is 1.81. The van der Waals surface area contributed by atoms with Crippen LogP contribution in [0.4, 0.5) is 0 Å². The van der Waals surface area contributed by atoms with Crippen molar-refractivity contribution in [3.05, 3.63) is 0 Å². The third-order valence-electron chi connectivity index (χ3n) is 2.72. The molecule has 1 rings (SSSR count). The van der Waals surface area contributed by atoms with Crippen LogP contribution < -0.4 is 0 Å². The SMILES string of the molecule is CC(C)(O)CCN1CCC[C@H]1CO. The molecule has 0 unspecified atom stereocenters. The van der Waals surface area contributed by atoms with Gasteiger partial charge in [0.2, 0.25) is 0 Å². The summed E-state index contributed by atoms with van der Waals surface area (Å²) in [6.45, 7) is 5.88. The zero-order chi connectivity index (χ0) is 9.90. The molecule has 0 saturated carbocycles. The van der Waals surface area contributed by atoms with Gasteiger partial charge in [0.1, 0.15) is 0 Å². The lowest BCUT2D eigenvalue weighted by Gasteiger charge is -2.26. The highest BCUT2D eigenvalue weighted by atomic mass is 16.3. The lowest BCUT2D eigenvalue weighted by atomic mass is 10.1. The number of nitrogens with zero attached hydrogens (tertiary/aromatic N) is 1. The van der Waals surface area contributed by atoms with Crippen LogP contribution in [-0.4, -0.2) is 46.5 Å². The molecular formula is C10H21NO2. The molecule has 0 aromatic carbocycles. The molecule has 0 amide bonds. The second-order valence-corrected chi connectivity index (χ2v) is 4.58. The lowest BCUT2D eigenvalue weighted by Crippen LogP contribution is -2.36. The first-order valence-corrected chi connectivity index (χ1v) is 5.10. The Hall–Kier alpha value is -0.120. The van der Waals surface area contributed by atoms with E-state index in [1.807, 2.05) is 13.8 Å². The number of aliphatic hydroxyl groups is 2. The molecule has 0 aliphatic carbocycles. The van der Waals surface area contributed by atoms with Gasteiger partial charge in [0.05, 0.1) is 12.2 Å². The topological polar surface area (TPSA) is 43.7 Å². The number of rotatable bonds is 4. The maximum absolute atomic E-state index is 9.55. The first-order chi connectivity index (χ1) is 6.03. The fourth-order valence-corrected chi connectivity index (χ4v) is 1.81. The average Bonchev–Trinajstić information content (AvgIpc) is 2.46. The van der Waals surface area contributed by atoms with Crippen LogP contribution in [0, 0.1) is 0 Å². The van der Waals surface area contributed by atoms with Crippen molar-refractivity contribution < 1.29 is 10.2 Å². The molecule has 0 spiro atoms. The summed E-state index contributed by atoms with van der Waals surface area (Å²) in [5, 5.41) is 18.6. The normalized spacial score (nSPS) is 25.4. The molecule has 0 radical (unpaired) electrons. The Morgan fingerprint density at radius 1 is 1.46 bits per heavy atom. The standard InChI is InChI=1S/C10H21NO2/c1-10(2,13)5-7-11-6-3-4-9(11)8-12/h9,12-13H,3-8H2,1-2H3/t9-/m0/s1. The van der Waals surface area contributed by atoms with Gasteiger partial charge in [0.15, 0.2) is 0 Å². The molecule has 78 valence electrons. The largest absolute Gasteiger partial charge is 0.395 e. The fraction of sp³-hybridized carbons (Fsp3) is 1.00. The summed E-state index contributed by atoms with van der Waals surface area (Å²) in [6, 6.07) is 0.336. The van der Waals surface area contributed by atoms with Crippen molar-refractivity contribution in [2.45, 2.75) is 44.8 Å². The zero-order valence-corrected chi connectivity index (χ0v) is 8.66. The van der Waals surface area contributed by atoms with Crippen molar-refractivity contribution in [3.63, 3.8) is 0 Å². The quantitative estimate of drug-likeness (QED) is 0.677. The minimum absolute atomic E-state index is 0.256. The maximum atomic E-state index is 9.55. The summed E-state index contributed by atoms with van der Waals surface area (Å²) >= 11 is 0. The summed E-state index contributed by atoms with van der Waals surface area (Å²) in [6.07, 6.45) is 3.06. The minimum atomic E-state index is -0.581. The van der Waals surface area contributed by atoms with E-state index in [2.05, 4.69) is 4.90 Å². The molecule has 0 bridgehead atoms. The molecular weight excluding hydrogens is 166 g/mol. The van der Waals surface area contributed by atoms with Gasteiger partial charge in [0, 0.05) is 12.6 Å². The first kappa shape index (κ1) is 11.0. The van der Waals surface area contributed by atoms with E-state index in [0.29, 0.717) is 6.04 Å². The minimum Gasteiger partial charge on any atom is -0.395 e. The van der Waals surface area contributed by atoms with Gasteiger partial charge < -0.3 is 10.2 Å². The number of aliphatic hydroxyl groups excluding tert-OH is 1. The van der Waals surface area contributed by atoms with Gasteiger partial charge in [-0.25, -0.2) is 0 Å². The first-order valence-electron chi connectivity index (χ1n) is 5.10. The van der Waals surface area contributed by atoms with E-state index in [1.54, 1.807) is 0 Å². The predicted octanol–water partition coefficient (Wildman–Crippen LogP) is 0.604. The molecule has 1 fully saturated rings. The molecule has 3 nitrogen and oxygen atoms in total. The average molecular weight is 187 g/mol.